The van der Waals surface area contributed by atoms with E-state index in [-0.39, 0.29) is 0 Å². The van der Waals surface area contributed by atoms with Crippen LogP contribution in [0.2, 0.25) is 17.8 Å². The van der Waals surface area contributed by atoms with Crippen molar-refractivity contribution < 1.29 is 17.7 Å². The first-order valence-electron chi connectivity index (χ1n) is 10.9. The molecule has 27 heavy (non-hydrogen) atoms. The van der Waals surface area contributed by atoms with Crippen LogP contribution in [0.3, 0.4) is 0 Å². The maximum absolute atomic E-state index is 6.49. The Kier molecular flexibility index (Phi) is 16.5. The van der Waals surface area contributed by atoms with E-state index in [2.05, 4.69) is 65.8 Å². The molecule has 0 atom stereocenters. The highest BCUT2D eigenvalue weighted by atomic mass is 28.4. The van der Waals surface area contributed by atoms with Crippen molar-refractivity contribution in [2.75, 3.05) is 26.4 Å². The zero-order chi connectivity index (χ0) is 20.4. The van der Waals surface area contributed by atoms with Gasteiger partial charge in [0.25, 0.3) is 0 Å². The van der Waals surface area contributed by atoms with Gasteiger partial charge >= 0.3 is 17.1 Å². The first-order chi connectivity index (χ1) is 13.1. The molecule has 0 saturated carbocycles. The van der Waals surface area contributed by atoms with Gasteiger partial charge in [0.2, 0.25) is 0 Å². The Hall–Kier alpha value is -0.246. The van der Waals surface area contributed by atoms with E-state index in [1.165, 1.54) is 0 Å². The highest BCUT2D eigenvalue weighted by Gasteiger charge is 2.50. The molecular formula is C21H44O4Si2. The fourth-order valence-electron chi connectivity index (χ4n) is 2.82. The molecule has 4 nitrogen and oxygen atoms in total. The normalized spacial score (nSPS) is 13.3. The molecule has 0 bridgehead atoms. The first-order valence-corrected chi connectivity index (χ1v) is 15.3. The molecule has 6 heteroatoms. The minimum atomic E-state index is -2.45. The van der Waals surface area contributed by atoms with Gasteiger partial charge in [0.1, 0.15) is 0 Å². The van der Waals surface area contributed by atoms with Crippen molar-refractivity contribution in [2.24, 2.45) is 0 Å². The second-order valence-electron chi connectivity index (χ2n) is 6.94. The van der Waals surface area contributed by atoms with E-state index in [0.717, 1.165) is 69.9 Å². The Morgan fingerprint density at radius 2 is 0.852 bits per heavy atom. The van der Waals surface area contributed by atoms with Crippen LogP contribution in [0.1, 0.15) is 67.2 Å². The standard InChI is InChI=1S/C21H44O4Si2/c1-7-13-19-26(22-15-9-3,23-16-10-4)21-27(20-14-8-2,24-17-11-5)25-18-12-6/h7-8,13-14H,9-12,15-21H2,1-6H3. The summed E-state index contributed by atoms with van der Waals surface area (Å²) in [7, 11) is -4.91. The Morgan fingerprint density at radius 1 is 0.556 bits per heavy atom. The largest absolute Gasteiger partial charge is 0.394 e. The summed E-state index contributed by atoms with van der Waals surface area (Å²) < 4.78 is 26.0. The lowest BCUT2D eigenvalue weighted by Crippen LogP contribution is -2.55. The Morgan fingerprint density at radius 3 is 1.07 bits per heavy atom. The van der Waals surface area contributed by atoms with Gasteiger partial charge in [-0.1, -0.05) is 52.0 Å². The second kappa shape index (κ2) is 16.7. The fourth-order valence-corrected chi connectivity index (χ4v) is 13.0. The molecule has 0 aliphatic rings. The maximum atomic E-state index is 6.49. The SMILES string of the molecule is CC=CC[Si](C[Si](CC=CC)(OCCC)OCCC)(OCCC)OCCC. The van der Waals surface area contributed by atoms with Crippen LogP contribution in [0.15, 0.2) is 24.3 Å². The van der Waals surface area contributed by atoms with Crippen LogP contribution in [-0.2, 0) is 17.7 Å². The van der Waals surface area contributed by atoms with E-state index < -0.39 is 17.1 Å². The third kappa shape index (κ3) is 11.4. The summed E-state index contributed by atoms with van der Waals surface area (Å²) in [6.07, 6.45) is 12.6. The summed E-state index contributed by atoms with van der Waals surface area (Å²) in [5.74, 6) is 0. The molecule has 0 spiro atoms. The van der Waals surface area contributed by atoms with Gasteiger partial charge in [-0.25, -0.2) is 0 Å². The molecular weight excluding hydrogens is 372 g/mol. The zero-order valence-electron chi connectivity index (χ0n) is 18.7. The summed E-state index contributed by atoms with van der Waals surface area (Å²) in [6, 6.07) is 1.72. The molecule has 0 heterocycles. The average molecular weight is 417 g/mol. The Balaban J connectivity index is 5.81. The molecule has 0 aromatic heterocycles. The molecule has 0 aromatic carbocycles. The van der Waals surface area contributed by atoms with E-state index >= 15 is 0 Å². The predicted octanol–water partition coefficient (Wildman–Crippen LogP) is 6.27. The molecule has 0 N–H and O–H groups in total. The number of hydrogen-bond donors (Lipinski definition) is 0. The lowest BCUT2D eigenvalue weighted by molar-refractivity contribution is 0.150. The first kappa shape index (κ1) is 26.8. The van der Waals surface area contributed by atoms with Crippen molar-refractivity contribution >= 4 is 17.1 Å². The number of allylic oxidation sites excluding steroid dienone is 4. The van der Waals surface area contributed by atoms with Crippen molar-refractivity contribution in [3.05, 3.63) is 24.3 Å². The van der Waals surface area contributed by atoms with Crippen LogP contribution in [-0.4, -0.2) is 43.5 Å². The van der Waals surface area contributed by atoms with Crippen LogP contribution in [0.5, 0.6) is 0 Å². The minimum Gasteiger partial charge on any atom is -0.394 e. The zero-order valence-corrected chi connectivity index (χ0v) is 20.7. The van der Waals surface area contributed by atoms with Crippen LogP contribution in [0, 0.1) is 0 Å². The molecule has 0 unspecified atom stereocenters. The lowest BCUT2D eigenvalue weighted by Gasteiger charge is -2.38. The maximum Gasteiger partial charge on any atom is 0.343 e. The quantitative estimate of drug-likeness (QED) is 0.195. The summed E-state index contributed by atoms with van der Waals surface area (Å²) in [5, 5.41) is 0. The van der Waals surface area contributed by atoms with Crippen LogP contribution in [0.4, 0.5) is 0 Å². The minimum absolute atomic E-state index is 0.739. The second-order valence-corrected chi connectivity index (χ2v) is 14.0. The van der Waals surface area contributed by atoms with Crippen molar-refractivity contribution in [2.45, 2.75) is 85.0 Å². The third-order valence-electron chi connectivity index (χ3n) is 4.14. The predicted molar refractivity (Wildman–Crippen MR) is 121 cm³/mol. The molecule has 0 rings (SSSR count). The lowest BCUT2D eigenvalue weighted by atomic mass is 10.5. The van der Waals surface area contributed by atoms with Gasteiger partial charge < -0.3 is 17.7 Å². The molecule has 0 fully saturated rings. The van der Waals surface area contributed by atoms with Gasteiger partial charge in [-0.05, 0) is 39.5 Å². The van der Waals surface area contributed by atoms with Gasteiger partial charge in [-0.3, -0.25) is 0 Å². The van der Waals surface area contributed by atoms with E-state index in [1.54, 1.807) is 0 Å². The van der Waals surface area contributed by atoms with Crippen molar-refractivity contribution in [1.82, 2.24) is 0 Å². The van der Waals surface area contributed by atoms with Gasteiger partial charge in [-0.2, -0.15) is 0 Å². The number of hydrogen-bond acceptors (Lipinski definition) is 4. The van der Waals surface area contributed by atoms with Crippen LogP contribution in [0.25, 0.3) is 0 Å². The molecule has 0 amide bonds. The topological polar surface area (TPSA) is 36.9 Å². The monoisotopic (exact) mass is 416 g/mol. The molecule has 0 radical (unpaired) electrons. The van der Waals surface area contributed by atoms with E-state index in [4.69, 9.17) is 17.7 Å². The van der Waals surface area contributed by atoms with Gasteiger partial charge in [-0.15, -0.1) is 0 Å². The van der Waals surface area contributed by atoms with Gasteiger partial charge in [0.05, 0.1) is 0 Å². The van der Waals surface area contributed by atoms with E-state index in [1.807, 2.05) is 0 Å². The van der Waals surface area contributed by atoms with Crippen LogP contribution >= 0.6 is 0 Å². The number of rotatable bonds is 18. The molecule has 0 aliphatic heterocycles. The van der Waals surface area contributed by atoms with E-state index in [9.17, 15) is 0 Å². The molecule has 0 saturated heterocycles. The summed E-state index contributed by atoms with van der Waals surface area (Å²) in [4.78, 5) is 0. The highest BCUT2D eigenvalue weighted by Crippen LogP contribution is 2.32. The van der Waals surface area contributed by atoms with Crippen molar-refractivity contribution in [1.29, 1.82) is 0 Å². The van der Waals surface area contributed by atoms with Crippen molar-refractivity contribution in [3.63, 3.8) is 0 Å². The fraction of sp³-hybridized carbons (Fsp3) is 0.810. The molecule has 0 aliphatic carbocycles. The average Bonchev–Trinajstić information content (AvgIpc) is 2.70. The Bertz CT molecular complexity index is 348. The molecule has 0 aromatic rings. The molecule has 160 valence electrons. The van der Waals surface area contributed by atoms with E-state index in [0.29, 0.717) is 0 Å². The third-order valence-corrected chi connectivity index (χ3v) is 13.1. The summed E-state index contributed by atoms with van der Waals surface area (Å²) in [5.41, 5.74) is 0.828. The highest BCUT2D eigenvalue weighted by molar-refractivity contribution is 6.86. The summed E-state index contributed by atoms with van der Waals surface area (Å²) >= 11 is 0. The summed E-state index contributed by atoms with van der Waals surface area (Å²) in [6.45, 7) is 15.7. The smallest absolute Gasteiger partial charge is 0.343 e. The van der Waals surface area contributed by atoms with Crippen LogP contribution < -0.4 is 0 Å². The van der Waals surface area contributed by atoms with Crippen molar-refractivity contribution in [3.8, 4) is 0 Å². The Labute approximate surface area is 170 Å². The van der Waals surface area contributed by atoms with Gasteiger partial charge in [0, 0.05) is 44.2 Å². The van der Waals surface area contributed by atoms with Gasteiger partial charge in [0.15, 0.2) is 0 Å².